The first-order valence-electron chi connectivity index (χ1n) is 5.95. The van der Waals surface area contributed by atoms with Crippen LogP contribution in [-0.4, -0.2) is 5.11 Å². The van der Waals surface area contributed by atoms with Gasteiger partial charge in [-0.05, 0) is 35.8 Å². The molecule has 0 bridgehead atoms. The van der Waals surface area contributed by atoms with Gasteiger partial charge in [-0.25, -0.2) is 0 Å². The van der Waals surface area contributed by atoms with Crippen LogP contribution in [0.2, 0.25) is 0 Å². The zero-order chi connectivity index (χ0) is 12.8. The Morgan fingerprint density at radius 1 is 0.889 bits per heavy atom. The zero-order valence-corrected chi connectivity index (χ0v) is 10.4. The molecule has 1 nitrogen and oxygen atoms in total. The molecule has 2 aromatic rings. The van der Waals surface area contributed by atoms with Crippen LogP contribution in [0.1, 0.15) is 18.1 Å². The molecule has 0 aliphatic heterocycles. The summed E-state index contributed by atoms with van der Waals surface area (Å²) in [7, 11) is 0. The van der Waals surface area contributed by atoms with Gasteiger partial charge in [0.05, 0.1) is 0 Å². The van der Waals surface area contributed by atoms with E-state index in [9.17, 15) is 5.11 Å². The van der Waals surface area contributed by atoms with Gasteiger partial charge >= 0.3 is 0 Å². The summed E-state index contributed by atoms with van der Waals surface area (Å²) in [6.45, 7) is 1.99. The van der Waals surface area contributed by atoms with Crippen LogP contribution in [0.4, 0.5) is 0 Å². The first-order valence-corrected chi connectivity index (χ1v) is 5.95. The van der Waals surface area contributed by atoms with Crippen LogP contribution in [-0.2, 0) is 0 Å². The third-order valence-corrected chi connectivity index (χ3v) is 2.71. The summed E-state index contributed by atoms with van der Waals surface area (Å²) in [6, 6.07) is 19.8. The van der Waals surface area contributed by atoms with E-state index in [4.69, 9.17) is 0 Å². The fraction of sp³-hybridized carbons (Fsp3) is 0.0588. The Labute approximate surface area is 108 Å². The Balaban J connectivity index is 2.21. The molecular weight excluding hydrogens is 220 g/mol. The van der Waals surface area contributed by atoms with Crippen LogP contribution < -0.4 is 0 Å². The van der Waals surface area contributed by atoms with Crippen molar-refractivity contribution in [3.63, 3.8) is 0 Å². The number of allylic oxidation sites excluding steroid dienone is 2. The number of hydrogen-bond acceptors (Lipinski definition) is 1. The Bertz CT molecular complexity index is 551. The van der Waals surface area contributed by atoms with Gasteiger partial charge in [0.15, 0.2) is 0 Å². The second-order valence-electron chi connectivity index (χ2n) is 4.17. The van der Waals surface area contributed by atoms with Gasteiger partial charge in [0.1, 0.15) is 5.76 Å². The van der Waals surface area contributed by atoms with Gasteiger partial charge in [0.2, 0.25) is 0 Å². The molecule has 0 fully saturated rings. The van der Waals surface area contributed by atoms with E-state index in [1.807, 2.05) is 67.6 Å². The smallest absolute Gasteiger partial charge is 0.116 e. The molecule has 0 aliphatic rings. The summed E-state index contributed by atoms with van der Waals surface area (Å²) in [4.78, 5) is 0. The predicted octanol–water partition coefficient (Wildman–Crippen LogP) is 4.69. The second-order valence-corrected chi connectivity index (χ2v) is 4.17. The summed E-state index contributed by atoms with van der Waals surface area (Å²) < 4.78 is 0. The summed E-state index contributed by atoms with van der Waals surface area (Å²) in [5.41, 5.74) is 3.15. The van der Waals surface area contributed by atoms with E-state index in [-0.39, 0.29) is 5.76 Å². The molecule has 0 spiro atoms. The monoisotopic (exact) mass is 236 g/mol. The molecule has 1 heteroatoms. The molecule has 0 amide bonds. The predicted molar refractivity (Wildman–Crippen MR) is 77.1 cm³/mol. The van der Waals surface area contributed by atoms with Gasteiger partial charge in [-0.2, -0.15) is 0 Å². The minimum absolute atomic E-state index is 0.266. The SMILES string of the molecule is CC(=CC(O)=Cc1ccccc1)c1ccccc1. The normalized spacial score (nSPS) is 12.5. The van der Waals surface area contributed by atoms with Gasteiger partial charge in [-0.3, -0.25) is 0 Å². The highest BCUT2D eigenvalue weighted by atomic mass is 16.3. The minimum Gasteiger partial charge on any atom is -0.508 e. The van der Waals surface area contributed by atoms with E-state index in [1.165, 1.54) is 0 Å². The lowest BCUT2D eigenvalue weighted by Gasteiger charge is -2.01. The molecule has 18 heavy (non-hydrogen) atoms. The molecule has 0 unspecified atom stereocenters. The summed E-state index contributed by atoms with van der Waals surface area (Å²) in [6.07, 6.45) is 3.54. The van der Waals surface area contributed by atoms with Crippen molar-refractivity contribution in [3.05, 3.63) is 83.6 Å². The van der Waals surface area contributed by atoms with Gasteiger partial charge in [0, 0.05) is 0 Å². The van der Waals surface area contributed by atoms with Crippen molar-refractivity contribution in [2.24, 2.45) is 0 Å². The van der Waals surface area contributed by atoms with Crippen molar-refractivity contribution in [2.75, 3.05) is 0 Å². The highest BCUT2D eigenvalue weighted by Gasteiger charge is 1.96. The largest absolute Gasteiger partial charge is 0.508 e. The second kappa shape index (κ2) is 5.87. The van der Waals surface area contributed by atoms with Crippen molar-refractivity contribution >= 4 is 11.6 Å². The number of aliphatic hydroxyl groups is 1. The molecule has 0 saturated heterocycles. The lowest BCUT2D eigenvalue weighted by Crippen LogP contribution is -1.82. The molecule has 0 radical (unpaired) electrons. The molecule has 0 heterocycles. The quantitative estimate of drug-likeness (QED) is 0.605. The maximum Gasteiger partial charge on any atom is 0.116 e. The van der Waals surface area contributed by atoms with Gasteiger partial charge < -0.3 is 5.11 Å². The number of hydrogen-bond donors (Lipinski definition) is 1. The molecule has 2 aromatic carbocycles. The topological polar surface area (TPSA) is 20.2 Å². The van der Waals surface area contributed by atoms with Crippen LogP contribution in [0.5, 0.6) is 0 Å². The molecule has 0 saturated carbocycles. The number of aliphatic hydroxyl groups excluding tert-OH is 1. The first-order chi connectivity index (χ1) is 8.75. The molecule has 2 rings (SSSR count). The van der Waals surface area contributed by atoms with Crippen LogP contribution in [0.3, 0.4) is 0 Å². The maximum absolute atomic E-state index is 9.92. The maximum atomic E-state index is 9.92. The van der Waals surface area contributed by atoms with Crippen molar-refractivity contribution in [1.82, 2.24) is 0 Å². The van der Waals surface area contributed by atoms with Gasteiger partial charge in [0.25, 0.3) is 0 Å². The van der Waals surface area contributed by atoms with Crippen LogP contribution in [0.25, 0.3) is 11.6 Å². The minimum atomic E-state index is 0.266. The van der Waals surface area contributed by atoms with E-state index in [0.717, 1.165) is 16.7 Å². The standard InChI is InChI=1S/C17H16O/c1-14(16-10-6-3-7-11-16)12-17(18)13-15-8-4-2-5-9-15/h2-13,18H,1H3. The third kappa shape index (κ3) is 3.36. The Morgan fingerprint density at radius 2 is 1.44 bits per heavy atom. The summed E-state index contributed by atoms with van der Waals surface area (Å²) >= 11 is 0. The summed E-state index contributed by atoms with van der Waals surface area (Å²) in [5, 5.41) is 9.92. The van der Waals surface area contributed by atoms with Crippen LogP contribution >= 0.6 is 0 Å². The Morgan fingerprint density at radius 3 is 2.06 bits per heavy atom. The molecular formula is C17H16O. The first kappa shape index (κ1) is 12.2. The third-order valence-electron chi connectivity index (χ3n) is 2.71. The fourth-order valence-corrected chi connectivity index (χ4v) is 1.77. The van der Waals surface area contributed by atoms with E-state index in [2.05, 4.69) is 0 Å². The Hall–Kier alpha value is -2.28. The van der Waals surface area contributed by atoms with E-state index in [1.54, 1.807) is 12.2 Å². The molecule has 90 valence electrons. The zero-order valence-electron chi connectivity index (χ0n) is 10.4. The molecule has 0 atom stereocenters. The fourth-order valence-electron chi connectivity index (χ4n) is 1.77. The van der Waals surface area contributed by atoms with Crippen molar-refractivity contribution in [3.8, 4) is 0 Å². The Kier molecular flexibility index (Phi) is 3.98. The van der Waals surface area contributed by atoms with Crippen LogP contribution in [0, 0.1) is 0 Å². The van der Waals surface area contributed by atoms with Gasteiger partial charge in [-0.1, -0.05) is 60.7 Å². The lowest BCUT2D eigenvalue weighted by molar-refractivity contribution is 0.438. The van der Waals surface area contributed by atoms with Gasteiger partial charge in [-0.15, -0.1) is 0 Å². The summed E-state index contributed by atoms with van der Waals surface area (Å²) in [5.74, 6) is 0.266. The average molecular weight is 236 g/mol. The van der Waals surface area contributed by atoms with Crippen molar-refractivity contribution in [2.45, 2.75) is 6.92 Å². The molecule has 0 aliphatic carbocycles. The van der Waals surface area contributed by atoms with E-state index >= 15 is 0 Å². The molecule has 1 N–H and O–H groups in total. The average Bonchev–Trinajstić information content (AvgIpc) is 2.40. The highest BCUT2D eigenvalue weighted by Crippen LogP contribution is 2.15. The number of rotatable bonds is 3. The highest BCUT2D eigenvalue weighted by molar-refractivity contribution is 5.68. The van der Waals surface area contributed by atoms with Crippen molar-refractivity contribution in [1.29, 1.82) is 0 Å². The molecule has 0 aromatic heterocycles. The number of benzene rings is 2. The van der Waals surface area contributed by atoms with E-state index in [0.29, 0.717) is 0 Å². The lowest BCUT2D eigenvalue weighted by atomic mass is 10.1. The van der Waals surface area contributed by atoms with Crippen molar-refractivity contribution < 1.29 is 5.11 Å². The van der Waals surface area contributed by atoms with Crippen LogP contribution in [0.15, 0.2) is 72.5 Å². The van der Waals surface area contributed by atoms with E-state index < -0.39 is 0 Å².